The molecule has 2 aliphatic rings. The minimum Gasteiger partial charge on any atom is -0.340 e. The largest absolute Gasteiger partial charge is 0.340 e. The van der Waals surface area contributed by atoms with Crippen molar-refractivity contribution in [3.8, 4) is 11.3 Å². The van der Waals surface area contributed by atoms with Crippen LogP contribution in [0.25, 0.3) is 11.3 Å². The first-order valence-electron chi connectivity index (χ1n) is 12.0. The van der Waals surface area contributed by atoms with Crippen molar-refractivity contribution in [2.45, 2.75) is 76.7 Å². The second-order valence-corrected chi connectivity index (χ2v) is 12.1. The fraction of sp³-hybridized carbons (Fsp3) is 0.556. The summed E-state index contributed by atoms with van der Waals surface area (Å²) < 4.78 is 2.03. The van der Waals surface area contributed by atoms with Gasteiger partial charge < -0.3 is 4.57 Å². The Kier molecular flexibility index (Phi) is 5.53. The Morgan fingerprint density at radius 2 is 1.75 bits per heavy atom. The number of fused-ring (bicyclic) bond motifs is 1. The summed E-state index contributed by atoms with van der Waals surface area (Å²) in [5.74, 6) is 0.585. The summed E-state index contributed by atoms with van der Waals surface area (Å²) in [4.78, 5) is 12.1. The van der Waals surface area contributed by atoms with Crippen LogP contribution in [0.15, 0.2) is 36.1 Å². The third kappa shape index (κ3) is 4.17. The number of likely N-dealkylation sites (tertiary alicyclic amines) is 1. The number of imidazole rings is 1. The third-order valence-corrected chi connectivity index (χ3v) is 8.76. The van der Waals surface area contributed by atoms with Gasteiger partial charge in [0.05, 0.1) is 22.7 Å². The Balaban J connectivity index is 1.29. The third-order valence-electron chi connectivity index (χ3n) is 7.75. The maximum atomic E-state index is 5.13. The van der Waals surface area contributed by atoms with Gasteiger partial charge in [-0.1, -0.05) is 39.8 Å². The molecule has 0 N–H and O–H groups in total. The lowest BCUT2D eigenvalue weighted by molar-refractivity contribution is 0.202. The second-order valence-electron chi connectivity index (χ2n) is 11.2. The van der Waals surface area contributed by atoms with Crippen LogP contribution in [0.2, 0.25) is 0 Å². The van der Waals surface area contributed by atoms with Crippen LogP contribution >= 0.6 is 11.3 Å². The molecule has 0 saturated carbocycles. The van der Waals surface area contributed by atoms with E-state index in [9.17, 15) is 0 Å². The molecule has 3 aromatic rings. The average molecular weight is 449 g/mol. The molecule has 0 bridgehead atoms. The number of aromatic nitrogens is 3. The molecule has 5 rings (SSSR count). The highest BCUT2D eigenvalue weighted by molar-refractivity contribution is 7.10. The van der Waals surface area contributed by atoms with E-state index in [1.165, 1.54) is 53.1 Å². The standard InChI is InChI=1S/C27H36N4S/c1-26(2)10-11-27(3,4)23-14-20(6-7-22(23)26)24-17-32-25(29-24)19-8-12-31(13-9-19)16-21-15-30(5)18-28-21/h6-7,14-15,17-19H,8-13,16H2,1-5H3. The SMILES string of the molecule is Cn1cnc(CN2CCC(c3nc(-c4ccc5c(c4)C(C)(C)CCC5(C)C)cs3)CC2)c1. The number of thiazole rings is 1. The van der Waals surface area contributed by atoms with Gasteiger partial charge >= 0.3 is 0 Å². The van der Waals surface area contributed by atoms with Crippen molar-refractivity contribution in [3.05, 3.63) is 57.9 Å². The summed E-state index contributed by atoms with van der Waals surface area (Å²) in [5.41, 5.74) is 7.14. The molecule has 2 aromatic heterocycles. The lowest BCUT2D eigenvalue weighted by Crippen LogP contribution is -2.33. The molecule has 170 valence electrons. The van der Waals surface area contributed by atoms with Crippen LogP contribution < -0.4 is 0 Å². The number of aryl methyl sites for hydroxylation is 1. The minimum atomic E-state index is 0.236. The Morgan fingerprint density at radius 3 is 2.44 bits per heavy atom. The van der Waals surface area contributed by atoms with E-state index in [0.29, 0.717) is 5.92 Å². The molecular formula is C27H36N4S. The molecule has 0 amide bonds. The van der Waals surface area contributed by atoms with E-state index < -0.39 is 0 Å². The van der Waals surface area contributed by atoms with Crippen LogP contribution in [0.3, 0.4) is 0 Å². The summed E-state index contributed by atoms with van der Waals surface area (Å²) >= 11 is 1.85. The lowest BCUT2D eigenvalue weighted by Gasteiger charge is -2.42. The van der Waals surface area contributed by atoms with Crippen molar-refractivity contribution in [2.75, 3.05) is 13.1 Å². The van der Waals surface area contributed by atoms with Gasteiger partial charge in [0.2, 0.25) is 0 Å². The molecule has 0 spiro atoms. The first kappa shape index (κ1) is 21.8. The van der Waals surface area contributed by atoms with Crippen LogP contribution in [-0.2, 0) is 24.4 Å². The van der Waals surface area contributed by atoms with Gasteiger partial charge in [-0.3, -0.25) is 4.90 Å². The molecule has 1 saturated heterocycles. The van der Waals surface area contributed by atoms with E-state index in [1.807, 2.05) is 29.3 Å². The van der Waals surface area contributed by atoms with Crippen LogP contribution in [0.1, 0.15) is 81.1 Å². The molecule has 1 aliphatic heterocycles. The Labute approximate surface area is 196 Å². The fourth-order valence-electron chi connectivity index (χ4n) is 5.47. The number of hydrogen-bond donors (Lipinski definition) is 0. The molecule has 0 atom stereocenters. The topological polar surface area (TPSA) is 34.0 Å². The zero-order chi connectivity index (χ0) is 22.5. The zero-order valence-corrected chi connectivity index (χ0v) is 21.0. The first-order chi connectivity index (χ1) is 15.2. The summed E-state index contributed by atoms with van der Waals surface area (Å²) in [6, 6.07) is 7.11. The summed E-state index contributed by atoms with van der Waals surface area (Å²) in [5, 5.41) is 3.59. The van der Waals surface area contributed by atoms with Crippen molar-refractivity contribution in [1.29, 1.82) is 0 Å². The molecule has 0 unspecified atom stereocenters. The predicted molar refractivity (Wildman–Crippen MR) is 133 cm³/mol. The Hall–Kier alpha value is -1.98. The molecular weight excluding hydrogens is 412 g/mol. The maximum absolute atomic E-state index is 5.13. The molecule has 1 fully saturated rings. The van der Waals surface area contributed by atoms with Crippen LogP contribution in [0.4, 0.5) is 0 Å². The number of rotatable bonds is 4. The van der Waals surface area contributed by atoms with Gasteiger partial charge in [0.15, 0.2) is 0 Å². The smallest absolute Gasteiger partial charge is 0.0964 e. The first-order valence-corrected chi connectivity index (χ1v) is 12.9. The van der Waals surface area contributed by atoms with Crippen molar-refractivity contribution in [3.63, 3.8) is 0 Å². The van der Waals surface area contributed by atoms with Crippen molar-refractivity contribution in [1.82, 2.24) is 19.4 Å². The van der Waals surface area contributed by atoms with E-state index in [-0.39, 0.29) is 10.8 Å². The molecule has 4 nitrogen and oxygen atoms in total. The maximum Gasteiger partial charge on any atom is 0.0964 e. The highest BCUT2D eigenvalue weighted by atomic mass is 32.1. The Morgan fingerprint density at radius 1 is 1.03 bits per heavy atom. The highest BCUT2D eigenvalue weighted by Crippen LogP contribution is 2.47. The number of hydrogen-bond acceptors (Lipinski definition) is 4. The van der Waals surface area contributed by atoms with Gasteiger partial charge in [-0.05, 0) is 66.8 Å². The fourth-order valence-corrected chi connectivity index (χ4v) is 6.47. The molecule has 32 heavy (non-hydrogen) atoms. The van der Waals surface area contributed by atoms with E-state index in [2.05, 4.69) is 67.4 Å². The van der Waals surface area contributed by atoms with Gasteiger partial charge in [0.1, 0.15) is 0 Å². The monoisotopic (exact) mass is 448 g/mol. The zero-order valence-electron chi connectivity index (χ0n) is 20.2. The van der Waals surface area contributed by atoms with Gasteiger partial charge in [-0.15, -0.1) is 11.3 Å². The second kappa shape index (κ2) is 8.11. The van der Waals surface area contributed by atoms with Crippen molar-refractivity contribution >= 4 is 11.3 Å². The predicted octanol–water partition coefficient (Wildman–Crippen LogP) is 6.27. The van der Waals surface area contributed by atoms with Crippen LogP contribution in [-0.4, -0.2) is 32.5 Å². The van der Waals surface area contributed by atoms with Gasteiger partial charge in [-0.2, -0.15) is 0 Å². The average Bonchev–Trinajstić information content (AvgIpc) is 3.41. The van der Waals surface area contributed by atoms with E-state index in [4.69, 9.17) is 4.98 Å². The van der Waals surface area contributed by atoms with E-state index in [0.717, 1.165) is 25.3 Å². The molecule has 1 aromatic carbocycles. The van der Waals surface area contributed by atoms with Crippen LogP contribution in [0.5, 0.6) is 0 Å². The van der Waals surface area contributed by atoms with Gasteiger partial charge in [0, 0.05) is 36.7 Å². The minimum absolute atomic E-state index is 0.236. The highest BCUT2D eigenvalue weighted by Gasteiger charge is 2.37. The lowest BCUT2D eigenvalue weighted by atomic mass is 9.63. The molecule has 3 heterocycles. The summed E-state index contributed by atoms with van der Waals surface area (Å²) in [6.07, 6.45) is 8.89. The number of nitrogens with zero attached hydrogens (tertiary/aromatic N) is 4. The normalized spacial score (nSPS) is 20.9. The van der Waals surface area contributed by atoms with Gasteiger partial charge in [0.25, 0.3) is 0 Å². The quantitative estimate of drug-likeness (QED) is 0.471. The Bertz CT molecular complexity index is 1100. The molecule has 1 aliphatic carbocycles. The van der Waals surface area contributed by atoms with Gasteiger partial charge in [-0.25, -0.2) is 9.97 Å². The number of benzene rings is 1. The number of piperidine rings is 1. The van der Waals surface area contributed by atoms with E-state index >= 15 is 0 Å². The summed E-state index contributed by atoms with van der Waals surface area (Å²) in [6.45, 7) is 12.8. The molecule has 0 radical (unpaired) electrons. The van der Waals surface area contributed by atoms with Crippen LogP contribution in [0, 0.1) is 0 Å². The van der Waals surface area contributed by atoms with Crippen molar-refractivity contribution < 1.29 is 0 Å². The van der Waals surface area contributed by atoms with Crippen molar-refractivity contribution in [2.24, 2.45) is 7.05 Å². The molecule has 5 heteroatoms. The van der Waals surface area contributed by atoms with E-state index in [1.54, 1.807) is 0 Å². The summed E-state index contributed by atoms with van der Waals surface area (Å²) in [7, 11) is 2.03.